The van der Waals surface area contributed by atoms with Crippen LogP contribution >= 0.6 is 11.6 Å². The van der Waals surface area contributed by atoms with Gasteiger partial charge >= 0.3 is 0 Å². The lowest BCUT2D eigenvalue weighted by molar-refractivity contribution is -0.120. The summed E-state index contributed by atoms with van der Waals surface area (Å²) in [7, 11) is 0. The highest BCUT2D eigenvalue weighted by Crippen LogP contribution is 2.26. The monoisotopic (exact) mass is 293 g/mol. The lowest BCUT2D eigenvalue weighted by Crippen LogP contribution is -2.24. The molecule has 1 atom stereocenters. The summed E-state index contributed by atoms with van der Waals surface area (Å²) in [5, 5.41) is 9.20. The Balaban J connectivity index is 2.32. The number of aliphatic hydroxyl groups is 1. The van der Waals surface area contributed by atoms with Gasteiger partial charge in [-0.15, -0.1) is 0 Å². The van der Waals surface area contributed by atoms with E-state index in [0.29, 0.717) is 5.56 Å². The minimum atomic E-state index is -0.721. The SMILES string of the molecule is NC(=O)C(CO)c1ccc(-c2ccc(F)c(Cl)c2)cc1. The molecule has 3 nitrogen and oxygen atoms in total. The van der Waals surface area contributed by atoms with E-state index in [0.717, 1.165) is 11.1 Å². The Bertz CT molecular complexity index is 628. The quantitative estimate of drug-likeness (QED) is 0.910. The zero-order valence-corrected chi connectivity index (χ0v) is 11.3. The number of hydrogen-bond donors (Lipinski definition) is 2. The molecule has 0 heterocycles. The molecular weight excluding hydrogens is 281 g/mol. The normalized spacial score (nSPS) is 12.2. The van der Waals surface area contributed by atoms with E-state index >= 15 is 0 Å². The molecule has 2 aromatic rings. The zero-order valence-electron chi connectivity index (χ0n) is 10.5. The van der Waals surface area contributed by atoms with Gasteiger partial charge in [-0.3, -0.25) is 4.79 Å². The van der Waals surface area contributed by atoms with Crippen molar-refractivity contribution in [1.29, 1.82) is 0 Å². The fraction of sp³-hybridized carbons (Fsp3) is 0.133. The van der Waals surface area contributed by atoms with E-state index in [1.165, 1.54) is 12.1 Å². The molecule has 0 aromatic heterocycles. The van der Waals surface area contributed by atoms with Crippen LogP contribution in [0.1, 0.15) is 11.5 Å². The standard InChI is InChI=1S/C15H13ClFNO2/c16-13-7-11(5-6-14(13)17)9-1-3-10(4-2-9)12(8-19)15(18)20/h1-7,12,19H,8H2,(H2,18,20). The number of primary amides is 1. The second-order valence-electron chi connectivity index (χ2n) is 4.39. The van der Waals surface area contributed by atoms with Gasteiger partial charge in [-0.05, 0) is 28.8 Å². The summed E-state index contributed by atoms with van der Waals surface area (Å²) in [5.74, 6) is -1.77. The maximum Gasteiger partial charge on any atom is 0.227 e. The van der Waals surface area contributed by atoms with E-state index in [1.807, 2.05) is 0 Å². The Hall–Kier alpha value is -1.91. The number of aliphatic hydroxyl groups excluding tert-OH is 1. The van der Waals surface area contributed by atoms with Gasteiger partial charge < -0.3 is 10.8 Å². The molecule has 0 aliphatic rings. The van der Waals surface area contributed by atoms with Crippen LogP contribution in [-0.4, -0.2) is 17.6 Å². The number of amides is 1. The van der Waals surface area contributed by atoms with Crippen molar-refractivity contribution in [2.45, 2.75) is 5.92 Å². The number of hydrogen-bond acceptors (Lipinski definition) is 2. The molecule has 2 aromatic carbocycles. The molecule has 0 fully saturated rings. The van der Waals surface area contributed by atoms with Gasteiger partial charge in [0.1, 0.15) is 5.82 Å². The van der Waals surface area contributed by atoms with Crippen molar-refractivity contribution in [1.82, 2.24) is 0 Å². The van der Waals surface area contributed by atoms with Crippen LogP contribution < -0.4 is 5.73 Å². The smallest absolute Gasteiger partial charge is 0.227 e. The summed E-state index contributed by atoms with van der Waals surface area (Å²) in [6.07, 6.45) is 0. The van der Waals surface area contributed by atoms with E-state index in [4.69, 9.17) is 22.4 Å². The highest BCUT2D eigenvalue weighted by molar-refractivity contribution is 6.31. The Morgan fingerprint density at radius 2 is 1.80 bits per heavy atom. The first-order chi connectivity index (χ1) is 9.52. The molecule has 3 N–H and O–H groups in total. The highest BCUT2D eigenvalue weighted by Gasteiger charge is 2.16. The zero-order chi connectivity index (χ0) is 14.7. The van der Waals surface area contributed by atoms with E-state index in [1.54, 1.807) is 30.3 Å². The van der Waals surface area contributed by atoms with Crippen LogP contribution in [0.5, 0.6) is 0 Å². The molecule has 0 bridgehead atoms. The summed E-state index contributed by atoms with van der Waals surface area (Å²) in [6.45, 7) is -0.336. The van der Waals surface area contributed by atoms with Gasteiger partial charge in [0.15, 0.2) is 0 Å². The van der Waals surface area contributed by atoms with Crippen LogP contribution in [0.15, 0.2) is 42.5 Å². The number of benzene rings is 2. The summed E-state index contributed by atoms with van der Waals surface area (Å²) < 4.78 is 13.1. The molecule has 5 heteroatoms. The van der Waals surface area contributed by atoms with Gasteiger partial charge in [0, 0.05) is 0 Å². The minimum Gasteiger partial charge on any atom is -0.395 e. The van der Waals surface area contributed by atoms with Gasteiger partial charge in [-0.25, -0.2) is 4.39 Å². The Kier molecular flexibility index (Phi) is 4.37. The van der Waals surface area contributed by atoms with Crippen molar-refractivity contribution in [3.05, 3.63) is 58.9 Å². The fourth-order valence-corrected chi connectivity index (χ4v) is 2.12. The average molecular weight is 294 g/mol. The Labute approximate surface area is 120 Å². The fourth-order valence-electron chi connectivity index (χ4n) is 1.94. The third kappa shape index (κ3) is 2.98. The van der Waals surface area contributed by atoms with Crippen molar-refractivity contribution >= 4 is 17.5 Å². The number of carbonyl (C=O) groups excluding carboxylic acids is 1. The first-order valence-electron chi connectivity index (χ1n) is 5.98. The van der Waals surface area contributed by atoms with Gasteiger partial charge in [0.25, 0.3) is 0 Å². The van der Waals surface area contributed by atoms with Gasteiger partial charge in [0.05, 0.1) is 17.5 Å². The molecule has 0 saturated carbocycles. The van der Waals surface area contributed by atoms with E-state index in [-0.39, 0.29) is 11.6 Å². The van der Waals surface area contributed by atoms with Crippen molar-refractivity contribution in [3.63, 3.8) is 0 Å². The van der Waals surface area contributed by atoms with Gasteiger partial charge in [-0.2, -0.15) is 0 Å². The number of rotatable bonds is 4. The van der Waals surface area contributed by atoms with Gasteiger partial charge in [-0.1, -0.05) is 41.9 Å². The average Bonchev–Trinajstić information content (AvgIpc) is 2.43. The summed E-state index contributed by atoms with van der Waals surface area (Å²) >= 11 is 5.74. The van der Waals surface area contributed by atoms with Crippen molar-refractivity contribution in [2.24, 2.45) is 5.73 Å². The predicted octanol–water partition coefficient (Wildman–Crippen LogP) is 2.71. The number of carbonyl (C=O) groups is 1. The largest absolute Gasteiger partial charge is 0.395 e. The number of nitrogens with two attached hydrogens (primary N) is 1. The lowest BCUT2D eigenvalue weighted by Gasteiger charge is -2.11. The summed E-state index contributed by atoms with van der Waals surface area (Å²) in [4.78, 5) is 11.2. The molecule has 0 aliphatic heterocycles. The van der Waals surface area contributed by atoms with E-state index < -0.39 is 17.6 Å². The maximum absolute atomic E-state index is 13.1. The Morgan fingerprint density at radius 3 is 2.30 bits per heavy atom. The maximum atomic E-state index is 13.1. The third-order valence-corrected chi connectivity index (χ3v) is 3.38. The molecule has 1 amide bonds. The molecule has 0 spiro atoms. The topological polar surface area (TPSA) is 63.3 Å². The minimum absolute atomic E-state index is 0.0527. The van der Waals surface area contributed by atoms with Crippen LogP contribution in [-0.2, 0) is 4.79 Å². The molecule has 0 saturated heterocycles. The summed E-state index contributed by atoms with van der Waals surface area (Å²) in [6, 6.07) is 11.4. The molecule has 2 rings (SSSR count). The predicted molar refractivity (Wildman–Crippen MR) is 75.9 cm³/mol. The molecule has 20 heavy (non-hydrogen) atoms. The molecule has 1 unspecified atom stereocenters. The highest BCUT2D eigenvalue weighted by atomic mass is 35.5. The van der Waals surface area contributed by atoms with Gasteiger partial charge in [0.2, 0.25) is 5.91 Å². The second-order valence-corrected chi connectivity index (χ2v) is 4.80. The van der Waals surface area contributed by atoms with Crippen LogP contribution in [0.3, 0.4) is 0 Å². The Morgan fingerprint density at radius 1 is 1.20 bits per heavy atom. The summed E-state index contributed by atoms with van der Waals surface area (Å²) in [5.41, 5.74) is 7.44. The number of halogens is 2. The van der Waals surface area contributed by atoms with Crippen LogP contribution in [0.2, 0.25) is 5.02 Å². The van der Waals surface area contributed by atoms with Crippen molar-refractivity contribution in [3.8, 4) is 11.1 Å². The van der Waals surface area contributed by atoms with Crippen LogP contribution in [0.4, 0.5) is 4.39 Å². The van der Waals surface area contributed by atoms with Crippen molar-refractivity contribution in [2.75, 3.05) is 6.61 Å². The third-order valence-electron chi connectivity index (χ3n) is 3.09. The molecule has 104 valence electrons. The van der Waals surface area contributed by atoms with Crippen molar-refractivity contribution < 1.29 is 14.3 Å². The lowest BCUT2D eigenvalue weighted by atomic mass is 9.96. The van der Waals surface area contributed by atoms with Crippen LogP contribution in [0, 0.1) is 5.82 Å². The second kappa shape index (κ2) is 6.03. The van der Waals surface area contributed by atoms with Crippen LogP contribution in [0.25, 0.3) is 11.1 Å². The first-order valence-corrected chi connectivity index (χ1v) is 6.36. The van der Waals surface area contributed by atoms with E-state index in [2.05, 4.69) is 0 Å². The molecule has 0 radical (unpaired) electrons. The molecular formula is C15H13ClFNO2. The molecule has 0 aliphatic carbocycles. The van der Waals surface area contributed by atoms with E-state index in [9.17, 15) is 9.18 Å². The first kappa shape index (κ1) is 14.5.